The zero-order chi connectivity index (χ0) is 30.4. The summed E-state index contributed by atoms with van der Waals surface area (Å²) in [6.45, 7) is 5.03. The Kier molecular flexibility index (Phi) is 7.79. The van der Waals surface area contributed by atoms with Crippen molar-refractivity contribution in [2.45, 2.75) is 58.6 Å². The Balaban J connectivity index is 1.60. The zero-order valence-electron chi connectivity index (χ0n) is 23.6. The van der Waals surface area contributed by atoms with Crippen molar-refractivity contribution in [2.24, 2.45) is 20.0 Å². The van der Waals surface area contributed by atoms with Gasteiger partial charge < -0.3 is 9.80 Å². The van der Waals surface area contributed by atoms with Crippen molar-refractivity contribution >= 4 is 22.8 Å². The lowest BCUT2D eigenvalue weighted by molar-refractivity contribution is -0.143. The Morgan fingerprint density at radius 1 is 0.905 bits per heavy atom. The minimum Gasteiger partial charge on any atom is -0.356 e. The fourth-order valence-electron chi connectivity index (χ4n) is 5.25. The van der Waals surface area contributed by atoms with Crippen molar-refractivity contribution in [3.05, 3.63) is 52.2 Å². The monoisotopic (exact) mass is 595 g/mol. The second-order valence-corrected chi connectivity index (χ2v) is 10.7. The Morgan fingerprint density at radius 2 is 1.57 bits per heavy atom. The van der Waals surface area contributed by atoms with Gasteiger partial charge in [-0.2, -0.15) is 36.2 Å². The molecular weight excluding hydrogens is 564 g/mol. The van der Waals surface area contributed by atoms with E-state index >= 15 is 0 Å². The average Bonchev–Trinajstić information content (AvgIpc) is 3.43. The van der Waals surface area contributed by atoms with E-state index in [1.165, 1.54) is 23.2 Å². The van der Waals surface area contributed by atoms with Gasteiger partial charge in [0.25, 0.3) is 5.95 Å². The van der Waals surface area contributed by atoms with Gasteiger partial charge in [0.15, 0.2) is 5.65 Å². The molecule has 4 aromatic rings. The van der Waals surface area contributed by atoms with Crippen LogP contribution in [0.25, 0.3) is 11.0 Å². The van der Waals surface area contributed by atoms with Gasteiger partial charge in [0.05, 0.1) is 23.9 Å². The highest BCUT2D eigenvalue weighted by molar-refractivity contribution is 5.81. The lowest BCUT2D eigenvalue weighted by Gasteiger charge is -2.34. The number of anilines is 2. The van der Waals surface area contributed by atoms with Crippen LogP contribution in [0.5, 0.6) is 0 Å². The number of nitrogens with zero attached hydrogens (tertiary/aromatic N) is 9. The van der Waals surface area contributed by atoms with Gasteiger partial charge in [-0.05, 0) is 67.6 Å². The van der Waals surface area contributed by atoms with Crippen LogP contribution in [0.4, 0.5) is 38.1 Å². The molecule has 42 heavy (non-hydrogen) atoms. The minimum atomic E-state index is -4.96. The van der Waals surface area contributed by atoms with E-state index in [2.05, 4.69) is 25.4 Å². The Hall–Kier alpha value is -3.91. The number of alkyl halides is 6. The van der Waals surface area contributed by atoms with Gasteiger partial charge >= 0.3 is 12.4 Å². The summed E-state index contributed by atoms with van der Waals surface area (Å²) >= 11 is 0. The van der Waals surface area contributed by atoms with E-state index in [1.807, 2.05) is 19.9 Å². The Labute approximate surface area is 238 Å². The molecular formula is C27H31F6N9. The lowest BCUT2D eigenvalue weighted by atomic mass is 9.85. The molecule has 0 aliphatic heterocycles. The highest BCUT2D eigenvalue weighted by Crippen LogP contribution is 2.37. The third-order valence-corrected chi connectivity index (χ3v) is 7.60. The number of hydrogen-bond donors (Lipinski definition) is 0. The first-order valence-electron chi connectivity index (χ1n) is 13.6. The smallest absolute Gasteiger partial charge is 0.356 e. The summed E-state index contributed by atoms with van der Waals surface area (Å²) in [5.41, 5.74) is -0.824. The quantitative estimate of drug-likeness (QED) is 0.231. The van der Waals surface area contributed by atoms with Gasteiger partial charge in [0.1, 0.15) is 5.82 Å². The summed E-state index contributed by atoms with van der Waals surface area (Å²) in [6, 6.07) is 3.50. The van der Waals surface area contributed by atoms with Gasteiger partial charge in [0, 0.05) is 44.2 Å². The molecule has 0 spiro atoms. The standard InChI is InChI=1S/C27H31F6N9/c1-5-41(13-17-7-6-8-17)23-19(11-22-16(2)36-39(3)24(22)34-23)15-42(25-35-38-40(4)37-25)14-18-9-20(26(28,29)30)12-21(10-18)27(31,32)33/h9-12,17H,5-8,13-15H2,1-4H3. The van der Waals surface area contributed by atoms with E-state index in [0.717, 1.165) is 48.2 Å². The number of halogens is 6. The molecule has 1 aliphatic carbocycles. The molecule has 1 saturated carbocycles. The molecule has 226 valence electrons. The van der Waals surface area contributed by atoms with Gasteiger partial charge in [-0.1, -0.05) is 11.5 Å². The lowest BCUT2D eigenvalue weighted by Crippen LogP contribution is -2.34. The maximum atomic E-state index is 13.6. The first-order chi connectivity index (χ1) is 19.7. The number of tetrazole rings is 1. The molecule has 0 radical (unpaired) electrons. The van der Waals surface area contributed by atoms with E-state index in [4.69, 9.17) is 4.98 Å². The molecule has 9 nitrogen and oxygen atoms in total. The fourth-order valence-corrected chi connectivity index (χ4v) is 5.25. The van der Waals surface area contributed by atoms with Crippen molar-refractivity contribution < 1.29 is 26.3 Å². The molecule has 0 unspecified atom stereocenters. The van der Waals surface area contributed by atoms with E-state index in [9.17, 15) is 26.3 Å². The Morgan fingerprint density at radius 3 is 2.10 bits per heavy atom. The summed E-state index contributed by atoms with van der Waals surface area (Å²) in [4.78, 5) is 9.82. The third kappa shape index (κ3) is 6.14. The van der Waals surface area contributed by atoms with Gasteiger partial charge in [0.2, 0.25) is 0 Å². The van der Waals surface area contributed by atoms with E-state index in [-0.39, 0.29) is 30.7 Å². The first-order valence-corrected chi connectivity index (χ1v) is 13.6. The summed E-state index contributed by atoms with van der Waals surface area (Å²) in [7, 11) is 3.33. The summed E-state index contributed by atoms with van der Waals surface area (Å²) in [6.07, 6.45) is -6.52. The number of aryl methyl sites for hydroxylation is 3. The number of benzene rings is 1. The van der Waals surface area contributed by atoms with Crippen molar-refractivity contribution in [2.75, 3.05) is 22.9 Å². The van der Waals surface area contributed by atoms with Crippen molar-refractivity contribution in [3.63, 3.8) is 0 Å². The predicted octanol–water partition coefficient (Wildman–Crippen LogP) is 5.67. The van der Waals surface area contributed by atoms with Gasteiger partial charge in [-0.25, -0.2) is 4.98 Å². The van der Waals surface area contributed by atoms with E-state index in [0.29, 0.717) is 23.9 Å². The molecule has 0 saturated heterocycles. The molecule has 3 aromatic heterocycles. The second kappa shape index (κ2) is 11.1. The molecule has 1 fully saturated rings. The van der Waals surface area contributed by atoms with Crippen LogP contribution in [-0.2, 0) is 39.5 Å². The molecule has 1 aliphatic rings. The van der Waals surface area contributed by atoms with Crippen LogP contribution in [0, 0.1) is 12.8 Å². The molecule has 3 heterocycles. The van der Waals surface area contributed by atoms with Crippen molar-refractivity contribution in [1.29, 1.82) is 0 Å². The average molecular weight is 596 g/mol. The van der Waals surface area contributed by atoms with Gasteiger partial charge in [-0.3, -0.25) is 4.68 Å². The number of rotatable bonds is 9. The normalized spacial score (nSPS) is 14.4. The van der Waals surface area contributed by atoms with Crippen LogP contribution in [0.2, 0.25) is 0 Å². The second-order valence-electron chi connectivity index (χ2n) is 10.7. The van der Waals surface area contributed by atoms with Crippen LogP contribution >= 0.6 is 0 Å². The third-order valence-electron chi connectivity index (χ3n) is 7.60. The minimum absolute atomic E-state index is 0.0526. The number of fused-ring (bicyclic) bond motifs is 1. The van der Waals surface area contributed by atoms with Crippen LogP contribution in [0.3, 0.4) is 0 Å². The summed E-state index contributed by atoms with van der Waals surface area (Å²) in [5.74, 6) is 1.25. The van der Waals surface area contributed by atoms with Crippen molar-refractivity contribution in [3.8, 4) is 0 Å². The largest absolute Gasteiger partial charge is 0.416 e. The predicted molar refractivity (Wildman–Crippen MR) is 144 cm³/mol. The fraction of sp³-hybridized carbons (Fsp3) is 0.519. The Bertz CT molecular complexity index is 1540. The molecule has 1 aromatic carbocycles. The van der Waals surface area contributed by atoms with E-state index < -0.39 is 23.5 Å². The molecule has 0 bridgehead atoms. The highest BCUT2D eigenvalue weighted by atomic mass is 19.4. The summed E-state index contributed by atoms with van der Waals surface area (Å²) < 4.78 is 83.4. The topological polar surface area (TPSA) is 80.8 Å². The number of aromatic nitrogens is 7. The highest BCUT2D eigenvalue weighted by Gasteiger charge is 2.37. The molecule has 15 heteroatoms. The maximum Gasteiger partial charge on any atom is 0.416 e. The molecule has 0 atom stereocenters. The SMILES string of the molecule is CCN(CC1CCC1)c1nc2c(cc1CN(Cc1cc(C(F)(F)F)cc(C(F)(F)F)c1)c1nnn(C)n1)c(C)nn2C. The first kappa shape index (κ1) is 29.6. The van der Waals surface area contributed by atoms with Crippen LogP contribution < -0.4 is 9.80 Å². The molecule has 0 amide bonds. The maximum absolute atomic E-state index is 13.6. The van der Waals surface area contributed by atoms with Crippen LogP contribution in [0.1, 0.15) is 54.1 Å². The van der Waals surface area contributed by atoms with Crippen LogP contribution in [-0.4, -0.2) is 48.1 Å². The zero-order valence-corrected chi connectivity index (χ0v) is 23.6. The summed E-state index contributed by atoms with van der Waals surface area (Å²) in [5, 5.41) is 17.4. The van der Waals surface area contributed by atoms with Crippen molar-refractivity contribution in [1.82, 2.24) is 35.0 Å². The molecule has 0 N–H and O–H groups in total. The van der Waals surface area contributed by atoms with Crippen LogP contribution in [0.15, 0.2) is 24.3 Å². The number of pyridine rings is 1. The number of hydrogen-bond acceptors (Lipinski definition) is 7. The molecule has 5 rings (SSSR count). The van der Waals surface area contributed by atoms with Gasteiger partial charge in [-0.15, -0.1) is 5.10 Å². The van der Waals surface area contributed by atoms with E-state index in [1.54, 1.807) is 11.7 Å².